The molecule has 4 nitrogen and oxygen atoms in total. The Balaban J connectivity index is 1.85. The Labute approximate surface area is 118 Å². The largest absolute Gasteiger partial charge is 0.494 e. The van der Waals surface area contributed by atoms with Gasteiger partial charge in [0.15, 0.2) is 6.61 Å². The fourth-order valence-corrected chi connectivity index (χ4v) is 1.69. The molecule has 1 amide bonds. The number of carbonyl (C=O) groups is 1. The van der Waals surface area contributed by atoms with Crippen LogP contribution in [0.5, 0.6) is 11.5 Å². The van der Waals surface area contributed by atoms with Gasteiger partial charge in [0.1, 0.15) is 11.5 Å². The summed E-state index contributed by atoms with van der Waals surface area (Å²) in [4.78, 5) is 11.7. The monoisotopic (exact) mass is 271 g/mol. The number of carbonyl (C=O) groups excluding carboxylic acids is 1. The van der Waals surface area contributed by atoms with Crippen LogP contribution in [0.3, 0.4) is 0 Å². The van der Waals surface area contributed by atoms with Gasteiger partial charge in [-0.05, 0) is 31.2 Å². The van der Waals surface area contributed by atoms with Gasteiger partial charge in [-0.2, -0.15) is 0 Å². The van der Waals surface area contributed by atoms with Crippen molar-refractivity contribution in [2.24, 2.45) is 0 Å². The fraction of sp³-hybridized carbons (Fsp3) is 0.188. The fourth-order valence-electron chi connectivity index (χ4n) is 1.69. The van der Waals surface area contributed by atoms with Crippen molar-refractivity contribution in [1.29, 1.82) is 0 Å². The molecule has 0 aromatic heterocycles. The van der Waals surface area contributed by atoms with Crippen molar-refractivity contribution in [1.82, 2.24) is 0 Å². The van der Waals surface area contributed by atoms with Gasteiger partial charge in [0.05, 0.1) is 6.61 Å². The van der Waals surface area contributed by atoms with Crippen LogP contribution >= 0.6 is 0 Å². The van der Waals surface area contributed by atoms with E-state index in [1.54, 1.807) is 12.1 Å². The van der Waals surface area contributed by atoms with Gasteiger partial charge in [-0.15, -0.1) is 0 Å². The zero-order valence-corrected chi connectivity index (χ0v) is 11.3. The zero-order valence-electron chi connectivity index (χ0n) is 11.3. The first-order chi connectivity index (χ1) is 9.78. The maximum atomic E-state index is 11.7. The van der Waals surface area contributed by atoms with E-state index in [4.69, 9.17) is 9.47 Å². The molecule has 2 rings (SSSR count). The normalized spacial score (nSPS) is 9.85. The van der Waals surface area contributed by atoms with Crippen LogP contribution in [0, 0.1) is 0 Å². The van der Waals surface area contributed by atoms with Gasteiger partial charge < -0.3 is 14.8 Å². The molecular formula is C16H17NO3. The molecule has 0 saturated carbocycles. The molecule has 4 heteroatoms. The number of amides is 1. The Morgan fingerprint density at radius 2 is 1.70 bits per heavy atom. The number of nitrogens with one attached hydrogen (secondary N) is 1. The van der Waals surface area contributed by atoms with E-state index in [0.29, 0.717) is 12.4 Å². The second-order valence-electron chi connectivity index (χ2n) is 4.11. The molecule has 2 aromatic carbocycles. The summed E-state index contributed by atoms with van der Waals surface area (Å²) in [7, 11) is 0. The molecule has 0 aliphatic heterocycles. The molecule has 0 aliphatic rings. The lowest BCUT2D eigenvalue weighted by atomic mass is 10.3. The lowest BCUT2D eigenvalue weighted by Gasteiger charge is -2.09. The maximum absolute atomic E-state index is 11.7. The maximum Gasteiger partial charge on any atom is 0.262 e. The molecule has 0 fully saturated rings. The number of ether oxygens (including phenoxy) is 2. The van der Waals surface area contributed by atoms with Crippen molar-refractivity contribution in [2.75, 3.05) is 18.5 Å². The summed E-state index contributed by atoms with van der Waals surface area (Å²) in [5, 5.41) is 2.76. The SMILES string of the molecule is CCOc1cccc(OCC(=O)Nc2ccccc2)c1. The summed E-state index contributed by atoms with van der Waals surface area (Å²) >= 11 is 0. The van der Waals surface area contributed by atoms with Crippen molar-refractivity contribution in [3.05, 3.63) is 54.6 Å². The summed E-state index contributed by atoms with van der Waals surface area (Å²) in [5.74, 6) is 1.14. The van der Waals surface area contributed by atoms with Crippen LogP contribution in [-0.2, 0) is 4.79 Å². The Bertz CT molecular complexity index is 555. The summed E-state index contributed by atoms with van der Waals surface area (Å²) < 4.78 is 10.8. The molecule has 20 heavy (non-hydrogen) atoms. The van der Waals surface area contributed by atoms with Crippen LogP contribution in [0.1, 0.15) is 6.92 Å². The number of para-hydroxylation sites is 1. The van der Waals surface area contributed by atoms with Gasteiger partial charge in [-0.3, -0.25) is 4.79 Å². The highest BCUT2D eigenvalue weighted by Crippen LogP contribution is 2.19. The van der Waals surface area contributed by atoms with Gasteiger partial charge in [0, 0.05) is 11.8 Å². The molecule has 0 atom stereocenters. The molecular weight excluding hydrogens is 254 g/mol. The first-order valence-corrected chi connectivity index (χ1v) is 6.48. The van der Waals surface area contributed by atoms with Crippen LogP contribution in [-0.4, -0.2) is 19.1 Å². The predicted octanol–water partition coefficient (Wildman–Crippen LogP) is 3.10. The lowest BCUT2D eigenvalue weighted by molar-refractivity contribution is -0.118. The van der Waals surface area contributed by atoms with Gasteiger partial charge >= 0.3 is 0 Å². The van der Waals surface area contributed by atoms with E-state index in [-0.39, 0.29) is 12.5 Å². The molecule has 0 radical (unpaired) electrons. The Morgan fingerprint density at radius 3 is 2.40 bits per heavy atom. The minimum absolute atomic E-state index is 0.0372. The van der Waals surface area contributed by atoms with Gasteiger partial charge in [0.25, 0.3) is 5.91 Å². The van der Waals surface area contributed by atoms with Crippen LogP contribution in [0.2, 0.25) is 0 Å². The van der Waals surface area contributed by atoms with E-state index in [9.17, 15) is 4.79 Å². The number of hydrogen-bond acceptors (Lipinski definition) is 3. The highest BCUT2D eigenvalue weighted by atomic mass is 16.5. The average molecular weight is 271 g/mol. The first kappa shape index (κ1) is 13.9. The minimum Gasteiger partial charge on any atom is -0.494 e. The topological polar surface area (TPSA) is 47.6 Å². The number of benzene rings is 2. The quantitative estimate of drug-likeness (QED) is 0.878. The molecule has 104 valence electrons. The van der Waals surface area contributed by atoms with E-state index in [1.165, 1.54) is 0 Å². The van der Waals surface area contributed by atoms with E-state index >= 15 is 0 Å². The smallest absolute Gasteiger partial charge is 0.262 e. The minimum atomic E-state index is -0.196. The highest BCUT2D eigenvalue weighted by Gasteiger charge is 2.04. The Hall–Kier alpha value is -2.49. The molecule has 0 bridgehead atoms. The van der Waals surface area contributed by atoms with Crippen molar-refractivity contribution >= 4 is 11.6 Å². The summed E-state index contributed by atoms with van der Waals surface area (Å²) in [6.45, 7) is 2.48. The van der Waals surface area contributed by atoms with Crippen LogP contribution in [0.25, 0.3) is 0 Å². The van der Waals surface area contributed by atoms with Crippen LogP contribution in [0.4, 0.5) is 5.69 Å². The third-order valence-corrected chi connectivity index (χ3v) is 2.54. The first-order valence-electron chi connectivity index (χ1n) is 6.48. The third kappa shape index (κ3) is 4.31. The highest BCUT2D eigenvalue weighted by molar-refractivity contribution is 5.91. The van der Waals surface area contributed by atoms with E-state index in [0.717, 1.165) is 11.4 Å². The zero-order chi connectivity index (χ0) is 14.2. The van der Waals surface area contributed by atoms with Crippen molar-refractivity contribution in [2.45, 2.75) is 6.92 Å². The van der Waals surface area contributed by atoms with Crippen LogP contribution < -0.4 is 14.8 Å². The average Bonchev–Trinajstić information content (AvgIpc) is 2.47. The van der Waals surface area contributed by atoms with Crippen LogP contribution in [0.15, 0.2) is 54.6 Å². The number of hydrogen-bond donors (Lipinski definition) is 1. The van der Waals surface area contributed by atoms with Crippen molar-refractivity contribution < 1.29 is 14.3 Å². The molecule has 1 N–H and O–H groups in total. The molecule has 0 saturated heterocycles. The predicted molar refractivity (Wildman–Crippen MR) is 78.2 cm³/mol. The summed E-state index contributed by atoms with van der Waals surface area (Å²) in [6, 6.07) is 16.5. The molecule has 2 aromatic rings. The number of rotatable bonds is 6. The van der Waals surface area contributed by atoms with Crippen molar-refractivity contribution in [3.8, 4) is 11.5 Å². The summed E-state index contributed by atoms with van der Waals surface area (Å²) in [6.07, 6.45) is 0. The van der Waals surface area contributed by atoms with E-state index < -0.39 is 0 Å². The third-order valence-electron chi connectivity index (χ3n) is 2.54. The van der Waals surface area contributed by atoms with Gasteiger partial charge in [-0.1, -0.05) is 24.3 Å². The molecule has 0 heterocycles. The summed E-state index contributed by atoms with van der Waals surface area (Å²) in [5.41, 5.74) is 0.754. The second kappa shape index (κ2) is 7.19. The molecule has 0 aliphatic carbocycles. The van der Waals surface area contributed by atoms with Crippen molar-refractivity contribution in [3.63, 3.8) is 0 Å². The molecule has 0 unspecified atom stereocenters. The van der Waals surface area contributed by atoms with Gasteiger partial charge in [-0.25, -0.2) is 0 Å². The number of anilines is 1. The standard InChI is InChI=1S/C16H17NO3/c1-2-19-14-9-6-10-15(11-14)20-12-16(18)17-13-7-4-3-5-8-13/h3-11H,2,12H2,1H3,(H,17,18). The van der Waals surface area contributed by atoms with E-state index in [1.807, 2.05) is 49.4 Å². The lowest BCUT2D eigenvalue weighted by Crippen LogP contribution is -2.20. The Kier molecular flexibility index (Phi) is 5.00. The Morgan fingerprint density at radius 1 is 1.00 bits per heavy atom. The van der Waals surface area contributed by atoms with E-state index in [2.05, 4.69) is 5.32 Å². The second-order valence-corrected chi connectivity index (χ2v) is 4.11. The van der Waals surface area contributed by atoms with Gasteiger partial charge in [0.2, 0.25) is 0 Å². The molecule has 0 spiro atoms.